The Morgan fingerprint density at radius 3 is 1.37 bits per heavy atom. The molecule has 27 heavy (non-hydrogen) atoms. The molecule has 2 aromatic carbocycles. The van der Waals surface area contributed by atoms with Gasteiger partial charge in [-0.2, -0.15) is 0 Å². The Kier molecular flexibility index (Phi) is 4.91. The summed E-state index contributed by atoms with van der Waals surface area (Å²) in [6.07, 6.45) is 0.778. The smallest absolute Gasteiger partial charge is 0.307 e. The molecule has 0 radical (unpaired) electrons. The standard InChI is InChI=1S/C19H22N6O2/c26-18(22-24-9-10-24)20-16-5-1-14(2-6-16)13-15-3-7-17(8-4-15)21-19(27)23-25-11-12-25/h1-8H,9-13H2,(H2,20,22,26)(H2,21,23,27). The van der Waals surface area contributed by atoms with E-state index in [0.29, 0.717) is 0 Å². The Hall–Kier alpha value is -3.10. The van der Waals surface area contributed by atoms with Crippen molar-refractivity contribution in [2.24, 2.45) is 0 Å². The van der Waals surface area contributed by atoms with E-state index >= 15 is 0 Å². The highest BCUT2D eigenvalue weighted by molar-refractivity contribution is 5.89. The minimum Gasteiger partial charge on any atom is -0.307 e. The Bertz CT molecular complexity index is 744. The molecule has 4 rings (SSSR count). The van der Waals surface area contributed by atoms with Gasteiger partial charge < -0.3 is 10.6 Å². The monoisotopic (exact) mass is 366 g/mol. The number of amides is 4. The van der Waals surface area contributed by atoms with Crippen LogP contribution in [0.4, 0.5) is 21.0 Å². The zero-order valence-corrected chi connectivity index (χ0v) is 14.9. The van der Waals surface area contributed by atoms with Gasteiger partial charge in [0.15, 0.2) is 0 Å². The molecular formula is C19H22N6O2. The number of nitrogens with zero attached hydrogens (tertiary/aromatic N) is 2. The van der Waals surface area contributed by atoms with Gasteiger partial charge in [-0.3, -0.25) is 10.9 Å². The predicted molar refractivity (Wildman–Crippen MR) is 103 cm³/mol. The maximum Gasteiger partial charge on any atom is 0.333 e. The zero-order chi connectivity index (χ0) is 18.6. The quantitative estimate of drug-likeness (QED) is 0.589. The highest BCUT2D eigenvalue weighted by Gasteiger charge is 2.20. The van der Waals surface area contributed by atoms with Crippen LogP contribution >= 0.6 is 0 Å². The fraction of sp³-hybridized carbons (Fsp3) is 0.263. The number of carbonyl (C=O) groups is 2. The van der Waals surface area contributed by atoms with Gasteiger partial charge >= 0.3 is 12.1 Å². The van der Waals surface area contributed by atoms with E-state index in [0.717, 1.165) is 55.1 Å². The second-order valence-electron chi connectivity index (χ2n) is 6.68. The van der Waals surface area contributed by atoms with Crippen LogP contribution in [0.25, 0.3) is 0 Å². The highest BCUT2D eigenvalue weighted by atomic mass is 16.2. The van der Waals surface area contributed by atoms with E-state index in [-0.39, 0.29) is 12.1 Å². The Labute approximate surface area is 157 Å². The molecule has 2 aliphatic rings. The van der Waals surface area contributed by atoms with E-state index in [1.165, 1.54) is 0 Å². The Morgan fingerprint density at radius 2 is 1.04 bits per heavy atom. The van der Waals surface area contributed by atoms with Crippen molar-refractivity contribution in [2.75, 3.05) is 36.8 Å². The van der Waals surface area contributed by atoms with Crippen molar-refractivity contribution in [3.05, 3.63) is 59.7 Å². The summed E-state index contributed by atoms with van der Waals surface area (Å²) in [5.74, 6) is 0. The van der Waals surface area contributed by atoms with Gasteiger partial charge in [-0.1, -0.05) is 24.3 Å². The van der Waals surface area contributed by atoms with E-state index < -0.39 is 0 Å². The van der Waals surface area contributed by atoms with E-state index in [9.17, 15) is 9.59 Å². The van der Waals surface area contributed by atoms with Gasteiger partial charge in [0.2, 0.25) is 0 Å². The number of rotatable bonds is 6. The van der Waals surface area contributed by atoms with E-state index in [4.69, 9.17) is 0 Å². The van der Waals surface area contributed by atoms with Crippen molar-refractivity contribution in [1.29, 1.82) is 0 Å². The molecule has 2 heterocycles. The summed E-state index contributed by atoms with van der Waals surface area (Å²) < 4.78 is 0. The first-order valence-corrected chi connectivity index (χ1v) is 8.97. The van der Waals surface area contributed by atoms with Crippen LogP contribution in [0.2, 0.25) is 0 Å². The molecular weight excluding hydrogens is 344 g/mol. The van der Waals surface area contributed by atoms with Crippen LogP contribution in [0, 0.1) is 0 Å². The lowest BCUT2D eigenvalue weighted by atomic mass is 10.0. The van der Waals surface area contributed by atoms with Gasteiger partial charge in [0.05, 0.1) is 0 Å². The molecule has 0 aromatic heterocycles. The van der Waals surface area contributed by atoms with Gasteiger partial charge in [-0.25, -0.2) is 19.6 Å². The SMILES string of the molecule is O=C(Nc1ccc(Cc2ccc(NC(=O)NN3CC3)cc2)cc1)NN1CC1. The van der Waals surface area contributed by atoms with Crippen molar-refractivity contribution < 1.29 is 9.59 Å². The van der Waals surface area contributed by atoms with E-state index in [2.05, 4.69) is 21.5 Å². The minimum absolute atomic E-state index is 0.217. The Balaban J connectivity index is 1.27. The highest BCUT2D eigenvalue weighted by Crippen LogP contribution is 2.16. The molecule has 0 aliphatic carbocycles. The number of nitrogens with one attached hydrogen (secondary N) is 4. The van der Waals surface area contributed by atoms with Crippen LogP contribution in [0.5, 0.6) is 0 Å². The molecule has 0 spiro atoms. The molecule has 140 valence electrons. The van der Waals surface area contributed by atoms with Crippen LogP contribution in [-0.4, -0.2) is 48.3 Å². The van der Waals surface area contributed by atoms with Crippen LogP contribution in [0.15, 0.2) is 48.5 Å². The normalized spacial score (nSPS) is 15.7. The van der Waals surface area contributed by atoms with Crippen LogP contribution in [0.1, 0.15) is 11.1 Å². The van der Waals surface area contributed by atoms with Gasteiger partial charge in [-0.05, 0) is 41.8 Å². The average molecular weight is 366 g/mol. The summed E-state index contributed by atoms with van der Waals surface area (Å²) in [4.78, 5) is 23.4. The number of hydrazine groups is 2. The van der Waals surface area contributed by atoms with Gasteiger partial charge in [0, 0.05) is 37.6 Å². The predicted octanol–water partition coefficient (Wildman–Crippen LogP) is 1.98. The van der Waals surface area contributed by atoms with Crippen molar-refractivity contribution in [3.8, 4) is 0 Å². The van der Waals surface area contributed by atoms with Crippen LogP contribution in [-0.2, 0) is 6.42 Å². The molecule has 8 nitrogen and oxygen atoms in total. The average Bonchev–Trinajstić information content (AvgIpc) is 3.56. The van der Waals surface area contributed by atoms with E-state index in [1.807, 2.05) is 58.5 Å². The topological polar surface area (TPSA) is 88.3 Å². The summed E-state index contributed by atoms with van der Waals surface area (Å²) in [6, 6.07) is 15.1. The van der Waals surface area contributed by atoms with Gasteiger partial charge in [0.1, 0.15) is 0 Å². The van der Waals surface area contributed by atoms with Crippen LogP contribution < -0.4 is 21.5 Å². The van der Waals surface area contributed by atoms with Gasteiger partial charge in [0.25, 0.3) is 0 Å². The third-order valence-electron chi connectivity index (χ3n) is 4.25. The largest absolute Gasteiger partial charge is 0.333 e. The number of anilines is 2. The second-order valence-corrected chi connectivity index (χ2v) is 6.68. The van der Waals surface area contributed by atoms with E-state index in [1.54, 1.807) is 0 Å². The third-order valence-corrected chi connectivity index (χ3v) is 4.25. The maximum atomic E-state index is 11.7. The lowest BCUT2D eigenvalue weighted by Gasteiger charge is -2.09. The summed E-state index contributed by atoms with van der Waals surface area (Å²) in [7, 11) is 0. The van der Waals surface area contributed by atoms with Crippen molar-refractivity contribution in [3.63, 3.8) is 0 Å². The molecule has 0 atom stereocenters. The maximum absolute atomic E-state index is 11.7. The first-order valence-electron chi connectivity index (χ1n) is 8.97. The number of hydrogen-bond acceptors (Lipinski definition) is 4. The summed E-state index contributed by atoms with van der Waals surface area (Å²) >= 11 is 0. The molecule has 0 unspecified atom stereocenters. The molecule has 4 amide bonds. The lowest BCUT2D eigenvalue weighted by Crippen LogP contribution is -2.33. The fourth-order valence-corrected chi connectivity index (χ4v) is 2.58. The molecule has 2 aromatic rings. The first kappa shape index (κ1) is 17.3. The summed E-state index contributed by atoms with van der Waals surface area (Å²) in [6.45, 7) is 3.63. The van der Waals surface area contributed by atoms with Crippen LogP contribution in [0.3, 0.4) is 0 Å². The summed E-state index contributed by atoms with van der Waals surface area (Å²) in [5.41, 5.74) is 9.28. The lowest BCUT2D eigenvalue weighted by molar-refractivity contribution is 0.238. The van der Waals surface area contributed by atoms with Crippen molar-refractivity contribution in [2.45, 2.75) is 6.42 Å². The zero-order valence-electron chi connectivity index (χ0n) is 14.9. The third kappa shape index (κ3) is 5.44. The minimum atomic E-state index is -0.217. The Morgan fingerprint density at radius 1 is 0.667 bits per heavy atom. The molecule has 2 aliphatic heterocycles. The number of urea groups is 2. The molecule has 0 bridgehead atoms. The number of benzene rings is 2. The van der Waals surface area contributed by atoms with Crippen molar-refractivity contribution >= 4 is 23.4 Å². The number of hydrogen-bond donors (Lipinski definition) is 4. The molecule has 0 saturated carbocycles. The van der Waals surface area contributed by atoms with Crippen molar-refractivity contribution in [1.82, 2.24) is 20.9 Å². The molecule has 2 fully saturated rings. The summed E-state index contributed by atoms with van der Waals surface area (Å²) in [5, 5.41) is 9.27. The van der Waals surface area contributed by atoms with Gasteiger partial charge in [-0.15, -0.1) is 0 Å². The number of carbonyl (C=O) groups excluding carboxylic acids is 2. The first-order chi connectivity index (χ1) is 13.1. The second kappa shape index (κ2) is 7.65. The molecule has 8 heteroatoms. The molecule has 2 saturated heterocycles. The molecule has 4 N–H and O–H groups in total. The fourth-order valence-electron chi connectivity index (χ4n) is 2.58.